The summed E-state index contributed by atoms with van der Waals surface area (Å²) in [6.07, 6.45) is 2.91. The third kappa shape index (κ3) is 5.60. The fourth-order valence-electron chi connectivity index (χ4n) is 2.34. The van der Waals surface area contributed by atoms with Crippen molar-refractivity contribution in [3.05, 3.63) is 78.3 Å². The topological polar surface area (TPSA) is 54.0 Å². The molecule has 5 nitrogen and oxygen atoms in total. The van der Waals surface area contributed by atoms with E-state index in [0.717, 1.165) is 0 Å². The summed E-state index contributed by atoms with van der Waals surface area (Å²) in [5, 5.41) is 0. The maximum Gasteiger partial charge on any atom is 0.341 e. The number of halogens is 1. The summed E-state index contributed by atoms with van der Waals surface area (Å²) in [7, 11) is 2.68. The van der Waals surface area contributed by atoms with Crippen molar-refractivity contribution in [1.29, 1.82) is 0 Å². The Labute approximate surface area is 157 Å². The standard InChI is InChI=1S/C21H21FO5/c1-4-11-26-17-6-8-18(9-7-17)27-13-15-12-16(22)5-10-19(15)20(14-24-2)21(23)25-3/h4-10,12,14H,1,11,13H2,2-3H3/b20-14+. The van der Waals surface area contributed by atoms with E-state index in [1.807, 2.05) is 0 Å². The number of esters is 1. The Hall–Kier alpha value is -3.28. The molecule has 0 aliphatic carbocycles. The lowest BCUT2D eigenvalue weighted by Crippen LogP contribution is -2.09. The molecule has 2 rings (SSSR count). The van der Waals surface area contributed by atoms with Crippen LogP contribution in [0.2, 0.25) is 0 Å². The van der Waals surface area contributed by atoms with Gasteiger partial charge in [0, 0.05) is 5.56 Å². The lowest BCUT2D eigenvalue weighted by molar-refractivity contribution is -0.133. The van der Waals surface area contributed by atoms with E-state index in [0.29, 0.717) is 29.2 Å². The number of hydrogen-bond acceptors (Lipinski definition) is 5. The third-order valence-corrected chi connectivity index (χ3v) is 3.58. The predicted molar refractivity (Wildman–Crippen MR) is 99.9 cm³/mol. The van der Waals surface area contributed by atoms with Crippen LogP contribution in [0.3, 0.4) is 0 Å². The van der Waals surface area contributed by atoms with E-state index in [9.17, 15) is 9.18 Å². The molecule has 2 aromatic carbocycles. The predicted octanol–water partition coefficient (Wildman–Crippen LogP) is 4.13. The molecule has 0 bridgehead atoms. The van der Waals surface area contributed by atoms with Gasteiger partial charge in [-0.05, 0) is 42.0 Å². The van der Waals surface area contributed by atoms with Crippen LogP contribution in [0, 0.1) is 5.82 Å². The highest BCUT2D eigenvalue weighted by atomic mass is 19.1. The van der Waals surface area contributed by atoms with Crippen molar-refractivity contribution in [3.63, 3.8) is 0 Å². The summed E-state index contributed by atoms with van der Waals surface area (Å²) >= 11 is 0. The van der Waals surface area contributed by atoms with Gasteiger partial charge in [0.25, 0.3) is 0 Å². The van der Waals surface area contributed by atoms with Crippen LogP contribution in [0.15, 0.2) is 61.4 Å². The molecular weight excluding hydrogens is 351 g/mol. The van der Waals surface area contributed by atoms with Gasteiger partial charge in [-0.15, -0.1) is 0 Å². The van der Waals surface area contributed by atoms with E-state index in [-0.39, 0.29) is 12.2 Å². The molecule has 6 heteroatoms. The highest BCUT2D eigenvalue weighted by Crippen LogP contribution is 2.24. The highest BCUT2D eigenvalue weighted by molar-refractivity contribution is 6.16. The Morgan fingerprint density at radius 3 is 2.33 bits per heavy atom. The van der Waals surface area contributed by atoms with Crippen LogP contribution in [-0.4, -0.2) is 26.8 Å². The van der Waals surface area contributed by atoms with Gasteiger partial charge in [0.15, 0.2) is 0 Å². The Bertz CT molecular complexity index is 812. The summed E-state index contributed by atoms with van der Waals surface area (Å²) < 4.78 is 34.6. The number of rotatable bonds is 9. The number of carbonyl (C=O) groups is 1. The molecule has 142 valence electrons. The first-order valence-electron chi connectivity index (χ1n) is 8.15. The molecule has 0 spiro atoms. The molecule has 0 atom stereocenters. The first kappa shape index (κ1) is 20.0. The minimum atomic E-state index is -0.589. The van der Waals surface area contributed by atoms with Gasteiger partial charge in [-0.1, -0.05) is 18.7 Å². The molecule has 0 N–H and O–H groups in total. The van der Waals surface area contributed by atoms with Crippen molar-refractivity contribution >= 4 is 11.5 Å². The van der Waals surface area contributed by atoms with E-state index in [1.54, 1.807) is 30.3 Å². The molecule has 0 unspecified atom stereocenters. The maximum atomic E-state index is 13.7. The van der Waals surface area contributed by atoms with Gasteiger partial charge >= 0.3 is 5.97 Å². The fraction of sp³-hybridized carbons (Fsp3) is 0.190. The molecule has 0 heterocycles. The molecule has 0 saturated carbocycles. The summed E-state index contributed by atoms with van der Waals surface area (Å²) in [5.41, 5.74) is 1.12. The van der Waals surface area contributed by atoms with Crippen molar-refractivity contribution in [2.45, 2.75) is 6.61 Å². The molecule has 0 aliphatic heterocycles. The quantitative estimate of drug-likeness (QED) is 0.287. The molecule has 0 aliphatic rings. The van der Waals surface area contributed by atoms with Crippen molar-refractivity contribution in [1.82, 2.24) is 0 Å². The van der Waals surface area contributed by atoms with Crippen LogP contribution in [-0.2, 0) is 20.9 Å². The zero-order chi connectivity index (χ0) is 19.6. The van der Waals surface area contributed by atoms with Crippen molar-refractivity contribution in [2.24, 2.45) is 0 Å². The minimum absolute atomic E-state index is 0.0536. The minimum Gasteiger partial charge on any atom is -0.503 e. The smallest absolute Gasteiger partial charge is 0.341 e. The number of methoxy groups -OCH3 is 2. The fourth-order valence-corrected chi connectivity index (χ4v) is 2.34. The lowest BCUT2D eigenvalue weighted by atomic mass is 10.0. The Morgan fingerprint density at radius 2 is 1.74 bits per heavy atom. The Kier molecular flexibility index (Phi) is 7.43. The summed E-state index contributed by atoms with van der Waals surface area (Å²) in [6, 6.07) is 11.1. The first-order chi connectivity index (χ1) is 13.1. The highest BCUT2D eigenvalue weighted by Gasteiger charge is 2.18. The van der Waals surface area contributed by atoms with Gasteiger partial charge in [-0.3, -0.25) is 0 Å². The summed E-state index contributed by atoms with van der Waals surface area (Å²) in [5.74, 6) is 0.233. The monoisotopic (exact) mass is 372 g/mol. The van der Waals surface area contributed by atoms with Crippen LogP contribution in [0.5, 0.6) is 11.5 Å². The van der Waals surface area contributed by atoms with E-state index >= 15 is 0 Å². The molecule has 0 aromatic heterocycles. The molecule has 0 radical (unpaired) electrons. The van der Waals surface area contributed by atoms with Crippen LogP contribution < -0.4 is 9.47 Å². The average molecular weight is 372 g/mol. The summed E-state index contributed by atoms with van der Waals surface area (Å²) in [6.45, 7) is 4.06. The van der Waals surface area contributed by atoms with Crippen LogP contribution in [0.1, 0.15) is 11.1 Å². The zero-order valence-electron chi connectivity index (χ0n) is 15.2. The third-order valence-electron chi connectivity index (χ3n) is 3.58. The average Bonchev–Trinajstić information content (AvgIpc) is 2.69. The van der Waals surface area contributed by atoms with Crippen LogP contribution >= 0.6 is 0 Å². The molecule has 0 saturated heterocycles. The van der Waals surface area contributed by atoms with Crippen LogP contribution in [0.25, 0.3) is 5.57 Å². The van der Waals surface area contributed by atoms with Crippen LogP contribution in [0.4, 0.5) is 4.39 Å². The Balaban J connectivity index is 2.20. The van der Waals surface area contributed by atoms with Gasteiger partial charge in [0.1, 0.15) is 36.1 Å². The van der Waals surface area contributed by atoms with Gasteiger partial charge in [-0.25, -0.2) is 9.18 Å². The van der Waals surface area contributed by atoms with Gasteiger partial charge in [0.05, 0.1) is 20.5 Å². The largest absolute Gasteiger partial charge is 0.503 e. The maximum absolute atomic E-state index is 13.7. The normalized spacial score (nSPS) is 10.9. The van der Waals surface area contributed by atoms with E-state index in [1.165, 1.54) is 38.7 Å². The van der Waals surface area contributed by atoms with Crippen molar-refractivity contribution in [3.8, 4) is 11.5 Å². The zero-order valence-corrected chi connectivity index (χ0v) is 15.2. The second-order valence-electron chi connectivity index (χ2n) is 5.42. The number of carbonyl (C=O) groups excluding carboxylic acids is 1. The van der Waals surface area contributed by atoms with Gasteiger partial charge < -0.3 is 18.9 Å². The molecule has 2 aromatic rings. The molecule has 27 heavy (non-hydrogen) atoms. The van der Waals surface area contributed by atoms with E-state index in [4.69, 9.17) is 18.9 Å². The summed E-state index contributed by atoms with van der Waals surface area (Å²) in [4.78, 5) is 12.0. The molecule has 0 fully saturated rings. The molecular formula is C21H21FO5. The first-order valence-corrected chi connectivity index (χ1v) is 8.15. The van der Waals surface area contributed by atoms with Gasteiger partial charge in [0.2, 0.25) is 0 Å². The number of benzene rings is 2. The lowest BCUT2D eigenvalue weighted by Gasteiger charge is -2.13. The number of hydrogen-bond donors (Lipinski definition) is 0. The van der Waals surface area contributed by atoms with Crippen molar-refractivity contribution < 1.29 is 28.1 Å². The second kappa shape index (κ2) is 10.0. The van der Waals surface area contributed by atoms with Crippen molar-refractivity contribution in [2.75, 3.05) is 20.8 Å². The second-order valence-corrected chi connectivity index (χ2v) is 5.42. The molecule has 0 amide bonds. The number of ether oxygens (including phenoxy) is 4. The van der Waals surface area contributed by atoms with E-state index < -0.39 is 11.8 Å². The SMILES string of the molecule is C=CCOc1ccc(OCc2cc(F)ccc2/C(=C\OC)C(=O)OC)cc1. The van der Waals surface area contributed by atoms with Gasteiger partial charge in [-0.2, -0.15) is 0 Å². The Morgan fingerprint density at radius 1 is 1.07 bits per heavy atom. The van der Waals surface area contributed by atoms with E-state index in [2.05, 4.69) is 6.58 Å².